The van der Waals surface area contributed by atoms with E-state index in [1.54, 1.807) is 6.20 Å². The predicted molar refractivity (Wildman–Crippen MR) is 114 cm³/mol. The molecule has 0 saturated heterocycles. The first-order chi connectivity index (χ1) is 14.4. The number of aromatic nitrogens is 2. The molecule has 2 atom stereocenters. The molecule has 152 valence electrons. The van der Waals surface area contributed by atoms with E-state index in [4.69, 9.17) is 11.6 Å². The summed E-state index contributed by atoms with van der Waals surface area (Å²) in [4.78, 5) is 29.6. The number of rotatable bonds is 3. The smallest absolute Gasteiger partial charge is 0.273 e. The molecule has 5 nitrogen and oxygen atoms in total. The molecule has 2 aliphatic carbocycles. The Morgan fingerprint density at radius 3 is 2.87 bits per heavy atom. The Labute approximate surface area is 177 Å². The van der Waals surface area contributed by atoms with E-state index >= 15 is 0 Å². The minimum Gasteiger partial charge on any atom is -0.338 e. The highest BCUT2D eigenvalue weighted by molar-refractivity contribution is 6.31. The molecule has 0 bridgehead atoms. The van der Waals surface area contributed by atoms with Crippen LogP contribution in [-0.4, -0.2) is 21.2 Å². The number of pyridine rings is 1. The number of nitrogens with one attached hydrogen (secondary N) is 1. The van der Waals surface area contributed by atoms with Crippen LogP contribution in [0.25, 0.3) is 16.6 Å². The standard InChI is InChI=1S/C23H19ClFN3O2/c1-28-19-3-2-6-26-21(19)20(14-7-12-9-16(29)10-13(12)8-14)22(28)23(30)27-15-4-5-18(25)17(24)11-15/h2-7,11-13H,8-10H2,1H3,(H,27,30). The summed E-state index contributed by atoms with van der Waals surface area (Å²) in [6, 6.07) is 7.85. The van der Waals surface area contributed by atoms with Crippen molar-refractivity contribution in [1.82, 2.24) is 9.55 Å². The molecule has 0 radical (unpaired) electrons. The monoisotopic (exact) mass is 423 g/mol. The molecule has 7 heteroatoms. The van der Waals surface area contributed by atoms with Crippen LogP contribution in [0.2, 0.25) is 5.02 Å². The highest BCUT2D eigenvalue weighted by atomic mass is 35.5. The molecule has 0 aliphatic heterocycles. The third kappa shape index (κ3) is 3.03. The Hall–Kier alpha value is -2.99. The van der Waals surface area contributed by atoms with Gasteiger partial charge in [0.25, 0.3) is 5.91 Å². The quantitative estimate of drug-likeness (QED) is 0.644. The van der Waals surface area contributed by atoms with Gasteiger partial charge >= 0.3 is 0 Å². The number of hydrogen-bond donors (Lipinski definition) is 1. The third-order valence-electron chi connectivity index (χ3n) is 6.13. The van der Waals surface area contributed by atoms with E-state index in [1.807, 2.05) is 23.7 Å². The number of amides is 1. The number of anilines is 1. The van der Waals surface area contributed by atoms with Crippen LogP contribution in [0.5, 0.6) is 0 Å². The predicted octanol–water partition coefficient (Wildman–Crippen LogP) is 5.00. The molecule has 2 unspecified atom stereocenters. The van der Waals surface area contributed by atoms with E-state index in [9.17, 15) is 14.0 Å². The fourth-order valence-electron chi connectivity index (χ4n) is 4.76. The van der Waals surface area contributed by atoms with Crippen LogP contribution in [0, 0.1) is 17.7 Å². The lowest BCUT2D eigenvalue weighted by atomic mass is 9.97. The second-order valence-corrected chi connectivity index (χ2v) is 8.41. The number of carbonyl (C=O) groups is 2. The van der Waals surface area contributed by atoms with Gasteiger partial charge in [-0.1, -0.05) is 17.7 Å². The summed E-state index contributed by atoms with van der Waals surface area (Å²) in [7, 11) is 1.83. The van der Waals surface area contributed by atoms with E-state index in [-0.39, 0.29) is 16.8 Å². The SMILES string of the molecule is Cn1c(C(=O)Nc2ccc(F)c(Cl)c2)c(C2=CC3CC(=O)CC3C2)c2ncccc21. The first-order valence-electron chi connectivity index (χ1n) is 9.85. The highest BCUT2D eigenvalue weighted by Crippen LogP contribution is 2.46. The Balaban J connectivity index is 1.59. The van der Waals surface area contributed by atoms with Crippen LogP contribution in [0.15, 0.2) is 42.6 Å². The molecule has 1 fully saturated rings. The van der Waals surface area contributed by atoms with Crippen LogP contribution in [0.3, 0.4) is 0 Å². The van der Waals surface area contributed by atoms with Gasteiger partial charge in [-0.15, -0.1) is 0 Å². The first kappa shape index (κ1) is 19.0. The van der Waals surface area contributed by atoms with Gasteiger partial charge in [0.1, 0.15) is 17.3 Å². The second-order valence-electron chi connectivity index (χ2n) is 8.00. The number of aryl methyl sites for hydroxylation is 1. The number of benzene rings is 1. The number of Topliss-reactive ketones (excluding diaryl/α,β-unsaturated/α-hetero) is 1. The highest BCUT2D eigenvalue weighted by Gasteiger charge is 2.38. The number of ketones is 1. The maximum absolute atomic E-state index is 13.5. The number of carbonyl (C=O) groups excluding carboxylic acids is 2. The van der Waals surface area contributed by atoms with Crippen LogP contribution in [0.1, 0.15) is 35.3 Å². The molecule has 0 spiro atoms. The fourth-order valence-corrected chi connectivity index (χ4v) is 4.94. The Morgan fingerprint density at radius 1 is 1.27 bits per heavy atom. The zero-order valence-corrected chi connectivity index (χ0v) is 17.0. The molecule has 1 aromatic carbocycles. The van der Waals surface area contributed by atoms with Gasteiger partial charge in [-0.3, -0.25) is 14.6 Å². The van der Waals surface area contributed by atoms with Crippen molar-refractivity contribution in [2.75, 3.05) is 5.32 Å². The average molecular weight is 424 g/mol. The van der Waals surface area contributed by atoms with Gasteiger partial charge in [0.05, 0.1) is 16.1 Å². The van der Waals surface area contributed by atoms with Crippen molar-refractivity contribution in [3.63, 3.8) is 0 Å². The van der Waals surface area contributed by atoms with E-state index < -0.39 is 5.82 Å². The number of hydrogen-bond acceptors (Lipinski definition) is 3. The normalized spacial score (nSPS) is 20.5. The van der Waals surface area contributed by atoms with Crippen molar-refractivity contribution >= 4 is 45.6 Å². The summed E-state index contributed by atoms with van der Waals surface area (Å²) in [5.74, 6) is -0.0114. The summed E-state index contributed by atoms with van der Waals surface area (Å²) in [5.41, 5.74) is 4.38. The van der Waals surface area contributed by atoms with Crippen molar-refractivity contribution < 1.29 is 14.0 Å². The molecule has 2 aromatic heterocycles. The number of fused-ring (bicyclic) bond motifs is 2. The minimum atomic E-state index is -0.540. The number of nitrogens with zero attached hydrogens (tertiary/aromatic N) is 2. The van der Waals surface area contributed by atoms with Crippen molar-refractivity contribution in [3.05, 3.63) is 64.7 Å². The topological polar surface area (TPSA) is 64.0 Å². The van der Waals surface area contributed by atoms with Crippen LogP contribution < -0.4 is 5.32 Å². The van der Waals surface area contributed by atoms with Crippen LogP contribution >= 0.6 is 11.6 Å². The molecule has 1 amide bonds. The lowest BCUT2D eigenvalue weighted by molar-refractivity contribution is -0.117. The molecule has 2 aliphatic rings. The molecule has 30 heavy (non-hydrogen) atoms. The molecule has 5 rings (SSSR count). The molecular formula is C23H19ClFN3O2. The van der Waals surface area contributed by atoms with E-state index in [2.05, 4.69) is 16.4 Å². The molecule has 2 heterocycles. The third-order valence-corrected chi connectivity index (χ3v) is 6.42. The van der Waals surface area contributed by atoms with Gasteiger partial charge in [-0.25, -0.2) is 4.39 Å². The van der Waals surface area contributed by atoms with Crippen molar-refractivity contribution in [2.24, 2.45) is 18.9 Å². The fraction of sp³-hybridized carbons (Fsp3) is 0.261. The van der Waals surface area contributed by atoms with Crippen molar-refractivity contribution in [3.8, 4) is 0 Å². The van der Waals surface area contributed by atoms with Crippen molar-refractivity contribution in [1.29, 1.82) is 0 Å². The lowest BCUT2D eigenvalue weighted by Gasteiger charge is -2.11. The minimum absolute atomic E-state index is 0.0530. The summed E-state index contributed by atoms with van der Waals surface area (Å²) in [6.45, 7) is 0. The summed E-state index contributed by atoms with van der Waals surface area (Å²) < 4.78 is 15.3. The van der Waals surface area contributed by atoms with E-state index in [1.165, 1.54) is 18.2 Å². The average Bonchev–Trinajstić information content (AvgIpc) is 3.34. The Kier molecular flexibility index (Phi) is 4.47. The van der Waals surface area contributed by atoms with Crippen LogP contribution in [-0.2, 0) is 11.8 Å². The van der Waals surface area contributed by atoms with E-state index in [0.29, 0.717) is 35.9 Å². The van der Waals surface area contributed by atoms with Crippen LogP contribution in [0.4, 0.5) is 10.1 Å². The van der Waals surface area contributed by atoms with Gasteiger partial charge in [-0.2, -0.15) is 0 Å². The first-order valence-corrected chi connectivity index (χ1v) is 10.2. The zero-order valence-electron chi connectivity index (χ0n) is 16.3. The van der Waals surface area contributed by atoms with Gasteiger partial charge in [0.15, 0.2) is 0 Å². The number of allylic oxidation sites excluding steroid dienone is 2. The second kappa shape index (κ2) is 7.06. The molecule has 3 aromatic rings. The van der Waals surface area contributed by atoms with Gasteiger partial charge in [0.2, 0.25) is 0 Å². The Morgan fingerprint density at radius 2 is 2.10 bits per heavy atom. The molecular weight excluding hydrogens is 405 g/mol. The summed E-state index contributed by atoms with van der Waals surface area (Å²) in [6.07, 6.45) is 5.78. The number of halogens is 2. The summed E-state index contributed by atoms with van der Waals surface area (Å²) in [5, 5.41) is 2.78. The van der Waals surface area contributed by atoms with Crippen molar-refractivity contribution in [2.45, 2.75) is 19.3 Å². The maximum Gasteiger partial charge on any atom is 0.273 e. The molecule has 1 saturated carbocycles. The lowest BCUT2D eigenvalue weighted by Crippen LogP contribution is -2.17. The van der Waals surface area contributed by atoms with Gasteiger partial charge in [-0.05, 0) is 54.2 Å². The zero-order chi connectivity index (χ0) is 21.0. The van der Waals surface area contributed by atoms with Gasteiger partial charge < -0.3 is 9.88 Å². The summed E-state index contributed by atoms with van der Waals surface area (Å²) >= 11 is 5.86. The maximum atomic E-state index is 13.5. The Bertz CT molecular complexity index is 1250. The van der Waals surface area contributed by atoms with Gasteiger partial charge in [0, 0.05) is 37.3 Å². The molecule has 1 N–H and O–H groups in total. The van der Waals surface area contributed by atoms with E-state index in [0.717, 1.165) is 28.6 Å². The largest absolute Gasteiger partial charge is 0.338 e.